The quantitative estimate of drug-likeness (QED) is 0.167. The van der Waals surface area contributed by atoms with Gasteiger partial charge in [-0.2, -0.15) is 0 Å². The second kappa shape index (κ2) is 10.8. The van der Waals surface area contributed by atoms with E-state index in [4.69, 9.17) is 9.97 Å². The van der Waals surface area contributed by atoms with Crippen molar-refractivity contribution in [2.45, 2.75) is 77.6 Å². The van der Waals surface area contributed by atoms with Gasteiger partial charge < -0.3 is 0 Å². The number of nitrogens with zero attached hydrogens (tertiary/aromatic N) is 2. The highest BCUT2D eigenvalue weighted by molar-refractivity contribution is 6.25. The van der Waals surface area contributed by atoms with Crippen LogP contribution in [0, 0.1) is 5.92 Å². The average Bonchev–Trinajstić information content (AvgIpc) is 3.39. The molecule has 0 radical (unpaired) electrons. The van der Waals surface area contributed by atoms with Gasteiger partial charge in [0.15, 0.2) is 0 Å². The summed E-state index contributed by atoms with van der Waals surface area (Å²) in [4.78, 5) is 11.1. The summed E-state index contributed by atoms with van der Waals surface area (Å²) in [7, 11) is 0. The normalized spacial score (nSPS) is 19.1. The van der Waals surface area contributed by atoms with E-state index in [1.807, 2.05) is 0 Å². The molecule has 2 aromatic heterocycles. The second-order valence-corrected chi connectivity index (χ2v) is 19.0. The highest BCUT2D eigenvalue weighted by Gasteiger charge is 2.40. The lowest BCUT2D eigenvalue weighted by atomic mass is 9.66. The summed E-state index contributed by atoms with van der Waals surface area (Å²) in [5, 5.41) is 7.79. The van der Waals surface area contributed by atoms with Crippen molar-refractivity contribution in [2.24, 2.45) is 5.92 Å². The third kappa shape index (κ3) is 4.61. The maximum atomic E-state index is 5.54. The largest absolute Gasteiger partial charge is 0.246 e. The van der Waals surface area contributed by atoms with Gasteiger partial charge in [0.05, 0.1) is 22.8 Å². The molecule has 268 valence electrons. The maximum Gasteiger partial charge on any atom is 0.0937 e. The number of benzene rings is 5. The molecule has 0 bridgehead atoms. The summed E-state index contributed by atoms with van der Waals surface area (Å²) >= 11 is 0. The van der Waals surface area contributed by atoms with E-state index in [1.54, 1.807) is 0 Å². The second-order valence-electron chi connectivity index (χ2n) is 19.0. The molecule has 5 aromatic carbocycles. The van der Waals surface area contributed by atoms with Gasteiger partial charge >= 0.3 is 0 Å². The van der Waals surface area contributed by atoms with Gasteiger partial charge in [0.2, 0.25) is 0 Å². The van der Waals surface area contributed by atoms with Crippen LogP contribution in [0.4, 0.5) is 0 Å². The van der Waals surface area contributed by atoms with E-state index in [2.05, 4.69) is 177 Å². The molecule has 0 spiro atoms. The van der Waals surface area contributed by atoms with Gasteiger partial charge in [-0.05, 0) is 99.8 Å². The van der Waals surface area contributed by atoms with Crippen molar-refractivity contribution in [2.75, 3.05) is 0 Å². The maximum absolute atomic E-state index is 5.54. The van der Waals surface area contributed by atoms with E-state index in [1.165, 1.54) is 88.0 Å². The van der Waals surface area contributed by atoms with E-state index in [0.29, 0.717) is 11.8 Å². The lowest BCUT2D eigenvalue weighted by Crippen LogP contribution is -2.23. The fourth-order valence-electron chi connectivity index (χ4n) is 10.1. The summed E-state index contributed by atoms with van der Waals surface area (Å²) in [5.74, 6) is 0.645. The zero-order chi connectivity index (χ0) is 37.8. The van der Waals surface area contributed by atoms with Gasteiger partial charge in [-0.3, -0.25) is 0 Å². The SMILES string of the molecule is CC(C)(C)c1cc2c3c(c1)C=CC1C=CC(c4ccc5c(n4)-c4nc(-c6ccc7ccc8cc(C(C)(C)C)cc9ccc6c7c89)ccc4C5(C)C)=C(C=C2)C31. The average molecular weight is 711 g/mol. The summed E-state index contributed by atoms with van der Waals surface area (Å²) in [6.07, 6.45) is 14.2. The predicted molar refractivity (Wildman–Crippen MR) is 233 cm³/mol. The number of allylic oxidation sites excluding steroid dienone is 6. The number of fused-ring (bicyclic) bond motifs is 3. The first-order valence-corrected chi connectivity index (χ1v) is 20.0. The zero-order valence-corrected chi connectivity index (χ0v) is 33.1. The number of pyridine rings is 2. The molecule has 2 atom stereocenters. The van der Waals surface area contributed by atoms with Crippen LogP contribution in [0.1, 0.15) is 106 Å². The van der Waals surface area contributed by atoms with Crippen LogP contribution in [0.25, 0.3) is 72.7 Å². The van der Waals surface area contributed by atoms with Crippen molar-refractivity contribution in [3.05, 3.63) is 159 Å². The molecule has 55 heavy (non-hydrogen) atoms. The fraction of sp³-hybridized carbons (Fsp3) is 0.245. The number of hydrogen-bond donors (Lipinski definition) is 0. The lowest BCUT2D eigenvalue weighted by molar-refractivity contribution is 0.587. The molecule has 0 N–H and O–H groups in total. The number of aromatic nitrogens is 2. The Morgan fingerprint density at radius 2 is 1.13 bits per heavy atom. The van der Waals surface area contributed by atoms with Gasteiger partial charge in [0.25, 0.3) is 0 Å². The molecule has 2 heteroatoms. The molecule has 4 aliphatic carbocycles. The van der Waals surface area contributed by atoms with Crippen LogP contribution >= 0.6 is 0 Å². The van der Waals surface area contributed by atoms with E-state index in [9.17, 15) is 0 Å². The Bertz CT molecular complexity index is 2950. The predicted octanol–water partition coefficient (Wildman–Crippen LogP) is 13.7. The Hall–Kier alpha value is -5.60. The first-order valence-electron chi connectivity index (χ1n) is 20.0. The summed E-state index contributed by atoms with van der Waals surface area (Å²) in [6, 6.07) is 32.5. The highest BCUT2D eigenvalue weighted by Crippen LogP contribution is 2.53. The van der Waals surface area contributed by atoms with E-state index in [0.717, 1.165) is 22.8 Å². The fourth-order valence-corrected chi connectivity index (χ4v) is 10.1. The van der Waals surface area contributed by atoms with Crippen molar-refractivity contribution in [3.8, 4) is 22.6 Å². The third-order valence-electron chi connectivity index (χ3n) is 13.3. The Morgan fingerprint density at radius 1 is 0.545 bits per heavy atom. The molecule has 0 amide bonds. The van der Waals surface area contributed by atoms with Gasteiger partial charge in [0.1, 0.15) is 0 Å². The molecule has 7 aromatic rings. The third-order valence-corrected chi connectivity index (χ3v) is 13.3. The molecular formula is C53H46N2. The zero-order valence-electron chi connectivity index (χ0n) is 33.1. The van der Waals surface area contributed by atoms with Gasteiger partial charge in [0, 0.05) is 28.4 Å². The van der Waals surface area contributed by atoms with Crippen molar-refractivity contribution >= 4 is 50.0 Å². The van der Waals surface area contributed by atoms with Crippen LogP contribution in [0.5, 0.6) is 0 Å². The highest BCUT2D eigenvalue weighted by atomic mass is 14.8. The molecular weight excluding hydrogens is 665 g/mol. The Balaban J connectivity index is 1.05. The molecule has 11 rings (SSSR count). The molecule has 0 aliphatic heterocycles. The van der Waals surface area contributed by atoms with Crippen molar-refractivity contribution in [1.29, 1.82) is 0 Å². The summed E-state index contributed by atoms with van der Waals surface area (Å²) in [5.41, 5.74) is 17.2. The van der Waals surface area contributed by atoms with Crippen LogP contribution in [0.15, 0.2) is 115 Å². The van der Waals surface area contributed by atoms with Crippen LogP contribution in [-0.2, 0) is 16.2 Å². The van der Waals surface area contributed by atoms with Crippen LogP contribution in [0.2, 0.25) is 0 Å². The number of rotatable bonds is 2. The van der Waals surface area contributed by atoms with E-state index in [-0.39, 0.29) is 16.2 Å². The topological polar surface area (TPSA) is 25.8 Å². The van der Waals surface area contributed by atoms with Gasteiger partial charge in [-0.15, -0.1) is 0 Å². The van der Waals surface area contributed by atoms with Crippen LogP contribution in [0.3, 0.4) is 0 Å². The first-order chi connectivity index (χ1) is 26.3. The number of hydrogen-bond acceptors (Lipinski definition) is 2. The minimum atomic E-state index is -0.196. The Labute approximate surface area is 324 Å². The first kappa shape index (κ1) is 32.8. The molecule has 2 nitrogen and oxygen atoms in total. The van der Waals surface area contributed by atoms with Gasteiger partial charge in [-0.25, -0.2) is 9.97 Å². The molecule has 4 aliphatic rings. The minimum absolute atomic E-state index is 0.0839. The lowest BCUT2D eigenvalue weighted by Gasteiger charge is -2.37. The molecule has 0 saturated carbocycles. The van der Waals surface area contributed by atoms with E-state index >= 15 is 0 Å². The Kier molecular flexibility index (Phi) is 6.43. The van der Waals surface area contributed by atoms with Crippen molar-refractivity contribution in [1.82, 2.24) is 9.97 Å². The smallest absolute Gasteiger partial charge is 0.0937 e. The molecule has 2 unspecified atom stereocenters. The summed E-state index contributed by atoms with van der Waals surface area (Å²) in [6.45, 7) is 18.4. The van der Waals surface area contributed by atoms with Crippen molar-refractivity contribution in [3.63, 3.8) is 0 Å². The summed E-state index contributed by atoms with van der Waals surface area (Å²) < 4.78 is 0. The van der Waals surface area contributed by atoms with Crippen LogP contribution < -0.4 is 0 Å². The molecule has 2 heterocycles. The van der Waals surface area contributed by atoms with Gasteiger partial charge in [-0.1, -0.05) is 165 Å². The minimum Gasteiger partial charge on any atom is -0.246 e. The molecule has 0 saturated heterocycles. The van der Waals surface area contributed by atoms with Crippen molar-refractivity contribution < 1.29 is 0 Å². The monoisotopic (exact) mass is 710 g/mol. The van der Waals surface area contributed by atoms with Crippen LogP contribution in [-0.4, -0.2) is 9.97 Å². The molecule has 0 fully saturated rings. The standard InChI is InChI=1S/C53H46N2/c1-51(2,3)35-25-31-11-9-29-13-17-37(39-19-15-33(27-35)45(31)47(29)39)43-23-21-41-49(54-43)50-42(53(41,7)8)22-24-44(55-50)38-18-14-30-10-12-32-26-36(52(4,5)6)28-34-16-20-40(38)48(30)46(32)34/h9-29,47H,1-8H3. The Morgan fingerprint density at radius 3 is 1.84 bits per heavy atom. The van der Waals surface area contributed by atoms with E-state index < -0.39 is 0 Å².